The molecule has 0 radical (unpaired) electrons. The third kappa shape index (κ3) is 3.36. The summed E-state index contributed by atoms with van der Waals surface area (Å²) in [5.74, 6) is -1.41. The Bertz CT molecular complexity index is 779. The van der Waals surface area contributed by atoms with E-state index in [1.807, 2.05) is 6.92 Å². The summed E-state index contributed by atoms with van der Waals surface area (Å²) in [6.07, 6.45) is 2.69. The van der Waals surface area contributed by atoms with Crippen LogP contribution in [-0.4, -0.2) is 18.4 Å². The standard InChI is InChI=1S/C20H22FNO3/c1-3-10-25-20(24)17-12(2)22-15-8-5-9-16(23)19(15)18(17)13-6-4-7-14(21)11-13/h4,6-7,11,18,22H,3,5,8-10H2,1-2H3. The molecule has 0 fully saturated rings. The number of ketones is 1. The fourth-order valence-electron chi connectivity index (χ4n) is 3.55. The molecule has 0 saturated carbocycles. The number of carbonyl (C=O) groups excluding carboxylic acids is 2. The van der Waals surface area contributed by atoms with Gasteiger partial charge in [-0.15, -0.1) is 0 Å². The maximum atomic E-state index is 13.8. The van der Waals surface area contributed by atoms with E-state index in [9.17, 15) is 14.0 Å². The van der Waals surface area contributed by atoms with Gasteiger partial charge in [0, 0.05) is 29.3 Å². The Morgan fingerprint density at radius 3 is 2.88 bits per heavy atom. The van der Waals surface area contributed by atoms with E-state index >= 15 is 0 Å². The lowest BCUT2D eigenvalue weighted by Crippen LogP contribution is -2.34. The van der Waals surface area contributed by atoms with Crippen LogP contribution in [0, 0.1) is 5.82 Å². The van der Waals surface area contributed by atoms with Crippen LogP contribution in [0.1, 0.15) is 51.0 Å². The Hall–Kier alpha value is -2.43. The zero-order chi connectivity index (χ0) is 18.0. The first kappa shape index (κ1) is 17.4. The smallest absolute Gasteiger partial charge is 0.336 e. The van der Waals surface area contributed by atoms with Gasteiger partial charge in [-0.3, -0.25) is 4.79 Å². The monoisotopic (exact) mass is 343 g/mol. The Kier molecular flexibility index (Phi) is 5.02. The number of dihydropyridines is 1. The van der Waals surface area contributed by atoms with Gasteiger partial charge in [0.05, 0.1) is 12.2 Å². The van der Waals surface area contributed by atoms with Crippen molar-refractivity contribution in [1.29, 1.82) is 0 Å². The van der Waals surface area contributed by atoms with Gasteiger partial charge in [-0.1, -0.05) is 19.1 Å². The number of halogens is 1. The largest absolute Gasteiger partial charge is 0.462 e. The number of allylic oxidation sites excluding steroid dienone is 3. The summed E-state index contributed by atoms with van der Waals surface area (Å²) in [7, 11) is 0. The summed E-state index contributed by atoms with van der Waals surface area (Å²) in [6.45, 7) is 4.03. The molecule has 1 N–H and O–H groups in total. The number of esters is 1. The van der Waals surface area contributed by atoms with Gasteiger partial charge in [-0.25, -0.2) is 9.18 Å². The highest BCUT2D eigenvalue weighted by molar-refractivity contribution is 6.03. The van der Waals surface area contributed by atoms with E-state index in [1.54, 1.807) is 19.1 Å². The first-order valence-electron chi connectivity index (χ1n) is 8.69. The van der Waals surface area contributed by atoms with E-state index in [2.05, 4.69) is 5.32 Å². The summed E-state index contributed by atoms with van der Waals surface area (Å²) >= 11 is 0. The SMILES string of the molecule is CCCOC(=O)C1=C(C)NC2=C(C(=O)CCC2)C1c1cccc(F)c1. The van der Waals surface area contributed by atoms with E-state index in [0.29, 0.717) is 41.9 Å². The molecule has 0 bridgehead atoms. The molecular formula is C20H22FNO3. The predicted molar refractivity (Wildman–Crippen MR) is 92.1 cm³/mol. The Balaban J connectivity index is 2.12. The number of nitrogens with one attached hydrogen (secondary N) is 1. The highest BCUT2D eigenvalue weighted by Gasteiger charge is 2.39. The summed E-state index contributed by atoms with van der Waals surface area (Å²) in [4.78, 5) is 25.3. The second-order valence-electron chi connectivity index (χ2n) is 6.46. The van der Waals surface area contributed by atoms with Gasteiger partial charge < -0.3 is 10.1 Å². The van der Waals surface area contributed by atoms with E-state index in [0.717, 1.165) is 18.5 Å². The zero-order valence-corrected chi connectivity index (χ0v) is 14.5. The molecular weight excluding hydrogens is 321 g/mol. The van der Waals surface area contributed by atoms with E-state index in [1.165, 1.54) is 12.1 Å². The second-order valence-corrected chi connectivity index (χ2v) is 6.46. The number of benzene rings is 1. The lowest BCUT2D eigenvalue weighted by Gasteiger charge is -2.34. The first-order valence-corrected chi connectivity index (χ1v) is 8.69. The van der Waals surface area contributed by atoms with Crippen molar-refractivity contribution in [2.45, 2.75) is 45.4 Å². The molecule has 1 aliphatic carbocycles. The van der Waals surface area contributed by atoms with Gasteiger partial charge in [0.2, 0.25) is 0 Å². The Morgan fingerprint density at radius 1 is 1.36 bits per heavy atom. The van der Waals surface area contributed by atoms with Crippen molar-refractivity contribution in [3.8, 4) is 0 Å². The van der Waals surface area contributed by atoms with Crippen LogP contribution in [-0.2, 0) is 14.3 Å². The van der Waals surface area contributed by atoms with E-state index < -0.39 is 11.9 Å². The molecule has 5 heteroatoms. The summed E-state index contributed by atoms with van der Waals surface area (Å²) in [5.41, 5.74) is 3.09. The molecule has 3 rings (SSSR count). The quantitative estimate of drug-likeness (QED) is 0.846. The van der Waals surface area contributed by atoms with Crippen LogP contribution >= 0.6 is 0 Å². The number of ether oxygens (including phenoxy) is 1. The van der Waals surface area contributed by atoms with Crippen LogP contribution in [0.2, 0.25) is 0 Å². The van der Waals surface area contributed by atoms with Crippen LogP contribution in [0.5, 0.6) is 0 Å². The minimum Gasteiger partial charge on any atom is -0.462 e. The van der Waals surface area contributed by atoms with E-state index in [4.69, 9.17) is 4.74 Å². The summed E-state index contributed by atoms with van der Waals surface area (Å²) in [5, 5.41) is 3.21. The van der Waals surface area contributed by atoms with Crippen molar-refractivity contribution >= 4 is 11.8 Å². The normalized spacial score (nSPS) is 20.3. The molecule has 1 aliphatic heterocycles. The van der Waals surface area contributed by atoms with Gasteiger partial charge in [0.15, 0.2) is 5.78 Å². The number of carbonyl (C=O) groups is 2. The summed E-state index contributed by atoms with van der Waals surface area (Å²) < 4.78 is 19.2. The Labute approximate surface area is 146 Å². The first-order chi connectivity index (χ1) is 12.0. The minimum atomic E-state index is -0.580. The van der Waals surface area contributed by atoms with Crippen molar-refractivity contribution in [3.63, 3.8) is 0 Å². The molecule has 0 aromatic heterocycles. The van der Waals surface area contributed by atoms with Crippen LogP contribution in [0.4, 0.5) is 4.39 Å². The van der Waals surface area contributed by atoms with E-state index in [-0.39, 0.29) is 11.6 Å². The van der Waals surface area contributed by atoms with Gasteiger partial charge in [0.1, 0.15) is 5.82 Å². The second kappa shape index (κ2) is 7.21. The molecule has 0 saturated heterocycles. The lowest BCUT2D eigenvalue weighted by atomic mass is 9.75. The van der Waals surface area contributed by atoms with Crippen LogP contribution in [0.25, 0.3) is 0 Å². The highest BCUT2D eigenvalue weighted by Crippen LogP contribution is 2.42. The lowest BCUT2D eigenvalue weighted by molar-refractivity contribution is -0.139. The van der Waals surface area contributed by atoms with Gasteiger partial charge >= 0.3 is 5.97 Å². The fraction of sp³-hybridized carbons (Fsp3) is 0.400. The van der Waals surface area contributed by atoms with Crippen molar-refractivity contribution in [2.24, 2.45) is 0 Å². The van der Waals surface area contributed by atoms with Crippen molar-refractivity contribution in [2.75, 3.05) is 6.61 Å². The topological polar surface area (TPSA) is 55.4 Å². The molecule has 1 heterocycles. The zero-order valence-electron chi connectivity index (χ0n) is 14.5. The molecule has 1 aromatic carbocycles. The fourth-order valence-corrected chi connectivity index (χ4v) is 3.55. The third-order valence-electron chi connectivity index (χ3n) is 4.62. The highest BCUT2D eigenvalue weighted by atomic mass is 19.1. The van der Waals surface area contributed by atoms with Gasteiger partial charge in [0.25, 0.3) is 0 Å². The Morgan fingerprint density at radius 2 is 2.16 bits per heavy atom. The summed E-state index contributed by atoms with van der Waals surface area (Å²) in [6, 6.07) is 6.10. The molecule has 0 amide bonds. The molecule has 1 atom stereocenters. The maximum absolute atomic E-state index is 13.8. The van der Waals surface area contributed by atoms with Crippen molar-refractivity contribution in [1.82, 2.24) is 5.32 Å². The number of hydrogen-bond donors (Lipinski definition) is 1. The van der Waals surface area contributed by atoms with Crippen molar-refractivity contribution < 1.29 is 18.7 Å². The molecule has 25 heavy (non-hydrogen) atoms. The number of Topliss-reactive ketones (excluding diaryl/α,β-unsaturated/α-hetero) is 1. The van der Waals surface area contributed by atoms with Crippen molar-refractivity contribution in [3.05, 3.63) is 58.2 Å². The molecule has 2 aliphatic rings. The number of hydrogen-bond acceptors (Lipinski definition) is 4. The average molecular weight is 343 g/mol. The maximum Gasteiger partial charge on any atom is 0.336 e. The van der Waals surface area contributed by atoms with Crippen LogP contribution in [0.3, 0.4) is 0 Å². The molecule has 0 spiro atoms. The van der Waals surface area contributed by atoms with Crippen LogP contribution in [0.15, 0.2) is 46.8 Å². The van der Waals surface area contributed by atoms with Gasteiger partial charge in [-0.2, -0.15) is 0 Å². The molecule has 4 nitrogen and oxygen atoms in total. The minimum absolute atomic E-state index is 0.0105. The predicted octanol–water partition coefficient (Wildman–Crippen LogP) is 3.75. The van der Waals surface area contributed by atoms with Gasteiger partial charge in [-0.05, 0) is 43.9 Å². The van der Waals surface area contributed by atoms with Crippen LogP contribution < -0.4 is 5.32 Å². The average Bonchev–Trinajstić information content (AvgIpc) is 2.58. The molecule has 1 unspecified atom stereocenters. The molecule has 132 valence electrons. The third-order valence-corrected chi connectivity index (χ3v) is 4.62. The molecule has 1 aromatic rings. The number of rotatable bonds is 4.